The Bertz CT molecular complexity index is 321. The van der Waals surface area contributed by atoms with Crippen LogP contribution in [0.2, 0.25) is 0 Å². The fourth-order valence-electron chi connectivity index (χ4n) is 2.35. The van der Waals surface area contributed by atoms with E-state index in [4.69, 9.17) is 20.1 Å². The van der Waals surface area contributed by atoms with Crippen LogP contribution in [0.15, 0.2) is 12.2 Å². The van der Waals surface area contributed by atoms with Gasteiger partial charge in [-0.05, 0) is 32.1 Å². The average Bonchev–Trinajstić information content (AvgIpc) is 2.50. The van der Waals surface area contributed by atoms with E-state index in [9.17, 15) is 4.79 Å². The summed E-state index contributed by atoms with van der Waals surface area (Å²) in [6, 6.07) is 0. The van der Waals surface area contributed by atoms with Crippen molar-refractivity contribution >= 4 is 12.1 Å². The van der Waals surface area contributed by atoms with Crippen molar-refractivity contribution in [2.45, 2.75) is 96.8 Å². The Morgan fingerprint density at radius 1 is 0.741 bits per heavy atom. The minimum Gasteiger partial charge on any atom is -0.870 e. The number of hydrogen-bond acceptors (Lipinski definition) is 4. The molecule has 0 aliphatic rings. The van der Waals surface area contributed by atoms with Crippen molar-refractivity contribution in [2.75, 3.05) is 0 Å². The standard InChI is InChI=1S/C18H34O2.CH2O3.2K.H2O/c1-2-3-4-5-6-7-8-9-10-11-12-13-14-15-16-17-18(19)20;2-1(3)4;;;/h9-10H,2-8,11-17H2,1H3,(H,19,20);(H2,2,3,4);;;1H2/q;;2*+1;/p-2. The molecule has 0 saturated carbocycles. The third kappa shape index (κ3) is 52.3. The summed E-state index contributed by atoms with van der Waals surface area (Å²) in [5, 5.41) is 23.8. The van der Waals surface area contributed by atoms with Gasteiger partial charge in [0.1, 0.15) is 0 Å². The van der Waals surface area contributed by atoms with Gasteiger partial charge in [0, 0.05) is 6.42 Å². The van der Waals surface area contributed by atoms with Crippen LogP contribution in [0.3, 0.4) is 0 Å². The minimum atomic E-state index is -2.08. The molecule has 0 unspecified atom stereocenters. The van der Waals surface area contributed by atoms with E-state index in [1.54, 1.807) is 0 Å². The van der Waals surface area contributed by atoms with Crippen LogP contribution in [0, 0.1) is 0 Å². The van der Waals surface area contributed by atoms with Crippen molar-refractivity contribution in [3.05, 3.63) is 12.2 Å². The Kier molecular flexibility index (Phi) is 51.1. The Balaban J connectivity index is -0.000000209. The third-order valence-corrected chi connectivity index (χ3v) is 3.65. The van der Waals surface area contributed by atoms with Crippen molar-refractivity contribution in [1.82, 2.24) is 0 Å². The Morgan fingerprint density at radius 3 is 1.44 bits per heavy atom. The summed E-state index contributed by atoms with van der Waals surface area (Å²) in [4.78, 5) is 18.8. The topological polar surface area (TPSA) is 128 Å². The van der Waals surface area contributed by atoms with Crippen LogP contribution in [0.5, 0.6) is 0 Å². The van der Waals surface area contributed by atoms with Crippen molar-refractivity contribution in [2.24, 2.45) is 0 Å². The first kappa shape index (κ1) is 39.2. The summed E-state index contributed by atoms with van der Waals surface area (Å²) in [6.07, 6.45) is 19.2. The molecule has 0 heterocycles. The number of allylic oxidation sites excluding steroid dienone is 2. The second-order valence-electron chi connectivity index (χ2n) is 5.99. The summed E-state index contributed by atoms with van der Waals surface area (Å²) in [6.45, 7) is 2.26. The second kappa shape index (κ2) is 35.2. The van der Waals surface area contributed by atoms with Gasteiger partial charge in [0.25, 0.3) is 0 Å². The minimum absolute atomic E-state index is 0. The molecule has 0 spiro atoms. The molecule has 3 N–H and O–H groups in total. The first-order chi connectivity index (χ1) is 11.5. The number of carbonyl (C=O) groups is 2. The molecule has 0 aromatic rings. The molecule has 0 atom stereocenters. The summed E-state index contributed by atoms with van der Waals surface area (Å²) in [5.74, 6) is -0.664. The van der Waals surface area contributed by atoms with Gasteiger partial charge >= 0.3 is 109 Å². The van der Waals surface area contributed by atoms with Crippen LogP contribution >= 0.6 is 0 Å². The van der Waals surface area contributed by atoms with E-state index in [1.165, 1.54) is 70.6 Å². The van der Waals surface area contributed by atoms with Gasteiger partial charge in [0.05, 0.1) is 0 Å². The number of unbranched alkanes of at least 4 members (excludes halogenated alkanes) is 11. The summed E-state index contributed by atoms with van der Waals surface area (Å²) >= 11 is 0. The normalized spacial score (nSPS) is 9.22. The van der Waals surface area contributed by atoms with Gasteiger partial charge < -0.3 is 25.6 Å². The van der Waals surface area contributed by atoms with Crippen LogP contribution < -0.4 is 108 Å². The van der Waals surface area contributed by atoms with Gasteiger partial charge in [-0.15, -0.1) is 0 Å². The molecule has 8 heteroatoms. The zero-order chi connectivity index (χ0) is 18.5. The van der Waals surface area contributed by atoms with E-state index in [0.29, 0.717) is 6.42 Å². The van der Waals surface area contributed by atoms with Crippen molar-refractivity contribution < 1.29 is 133 Å². The Hall–Kier alpha value is 1.71. The van der Waals surface area contributed by atoms with Gasteiger partial charge in [-0.2, -0.15) is 0 Å². The Morgan fingerprint density at radius 2 is 1.07 bits per heavy atom. The molecule has 0 rings (SSSR count). The van der Waals surface area contributed by atoms with E-state index >= 15 is 0 Å². The largest absolute Gasteiger partial charge is 1.00 e. The fourth-order valence-corrected chi connectivity index (χ4v) is 2.35. The van der Waals surface area contributed by atoms with Crippen LogP contribution in [0.4, 0.5) is 4.79 Å². The smallest absolute Gasteiger partial charge is 0.870 e. The molecule has 0 fully saturated rings. The summed E-state index contributed by atoms with van der Waals surface area (Å²) in [5.41, 5.74) is 0. The molecule has 0 aromatic carbocycles. The molecule has 0 saturated heterocycles. The van der Waals surface area contributed by atoms with Crippen LogP contribution in [-0.4, -0.2) is 27.8 Å². The maximum Gasteiger partial charge on any atom is 1.00 e. The molecule has 6 nitrogen and oxygen atoms in total. The van der Waals surface area contributed by atoms with Gasteiger partial charge in [-0.3, -0.25) is 4.79 Å². The number of carboxylic acid groups (broad SMARTS) is 3. The molecular weight excluding hydrogens is 402 g/mol. The first-order valence-corrected chi connectivity index (χ1v) is 9.27. The molecule has 27 heavy (non-hydrogen) atoms. The SMILES string of the molecule is CCCCCCCCC=CCCCCCCCC(=O)O.O=C([O-])O.[K+].[K+].[OH-]. The molecule has 0 aromatic heterocycles. The predicted octanol–water partition coefficient (Wildman–Crippen LogP) is -1.17. The molecule has 0 bridgehead atoms. The first-order valence-electron chi connectivity index (χ1n) is 9.27. The van der Waals surface area contributed by atoms with E-state index in [-0.39, 0.29) is 108 Å². The van der Waals surface area contributed by atoms with E-state index in [1.807, 2.05) is 0 Å². The number of rotatable bonds is 15. The third-order valence-electron chi connectivity index (χ3n) is 3.65. The van der Waals surface area contributed by atoms with Gasteiger partial charge in [0.15, 0.2) is 0 Å². The molecule has 0 aliphatic carbocycles. The van der Waals surface area contributed by atoms with Gasteiger partial charge in [-0.25, -0.2) is 0 Å². The maximum absolute atomic E-state index is 10.3. The van der Waals surface area contributed by atoms with E-state index in [0.717, 1.165) is 12.8 Å². The summed E-state index contributed by atoms with van der Waals surface area (Å²) in [7, 11) is 0. The zero-order valence-corrected chi connectivity index (χ0v) is 23.9. The van der Waals surface area contributed by atoms with Crippen LogP contribution in [-0.2, 0) is 4.79 Å². The zero-order valence-electron chi connectivity index (χ0n) is 17.6. The van der Waals surface area contributed by atoms with E-state index < -0.39 is 12.1 Å². The number of carboxylic acids is 1. The maximum atomic E-state index is 10.3. The van der Waals surface area contributed by atoms with Gasteiger partial charge in [-0.1, -0.05) is 70.4 Å². The second-order valence-corrected chi connectivity index (χ2v) is 5.99. The van der Waals surface area contributed by atoms with Crippen LogP contribution in [0.25, 0.3) is 0 Å². The van der Waals surface area contributed by atoms with Crippen molar-refractivity contribution in [3.8, 4) is 0 Å². The molecule has 0 aliphatic heterocycles. The molecule has 0 radical (unpaired) electrons. The molecular formula is C19H36K2O6. The average molecular weight is 439 g/mol. The molecule has 0 amide bonds. The van der Waals surface area contributed by atoms with E-state index in [2.05, 4.69) is 19.1 Å². The monoisotopic (exact) mass is 438 g/mol. The Labute approximate surface area is 250 Å². The predicted molar refractivity (Wildman–Crippen MR) is 97.0 cm³/mol. The fraction of sp³-hybridized carbons (Fsp3) is 0.789. The summed E-state index contributed by atoms with van der Waals surface area (Å²) < 4.78 is 0. The number of hydrogen-bond donors (Lipinski definition) is 2. The van der Waals surface area contributed by atoms with Crippen LogP contribution in [0.1, 0.15) is 96.8 Å². The number of aliphatic carboxylic acids is 1. The molecule has 150 valence electrons. The van der Waals surface area contributed by atoms with Crippen molar-refractivity contribution in [3.63, 3.8) is 0 Å². The quantitative estimate of drug-likeness (QED) is 0.188. The van der Waals surface area contributed by atoms with Gasteiger partial charge in [0.2, 0.25) is 6.16 Å². The van der Waals surface area contributed by atoms with Crippen molar-refractivity contribution in [1.29, 1.82) is 0 Å².